The van der Waals surface area contributed by atoms with Crippen molar-refractivity contribution in [1.82, 2.24) is 5.32 Å². The summed E-state index contributed by atoms with van der Waals surface area (Å²) < 4.78 is 33.5. The molecule has 1 aromatic carbocycles. The number of rotatable bonds is 6. The summed E-state index contributed by atoms with van der Waals surface area (Å²) in [5.41, 5.74) is 0.634. The van der Waals surface area contributed by atoms with Crippen LogP contribution in [0.5, 0.6) is 5.75 Å². The van der Waals surface area contributed by atoms with Gasteiger partial charge in [-0.1, -0.05) is 18.2 Å². The minimum absolute atomic E-state index is 0.143. The van der Waals surface area contributed by atoms with E-state index in [4.69, 9.17) is 4.74 Å². The van der Waals surface area contributed by atoms with Gasteiger partial charge in [0.25, 0.3) is 5.91 Å². The van der Waals surface area contributed by atoms with E-state index in [2.05, 4.69) is 10.1 Å². The van der Waals surface area contributed by atoms with E-state index < -0.39 is 6.61 Å². The predicted molar refractivity (Wildman–Crippen MR) is 59.5 cm³/mol. The first-order valence-electron chi connectivity index (χ1n) is 5.59. The van der Waals surface area contributed by atoms with Crippen molar-refractivity contribution in [3.8, 4) is 5.75 Å². The summed E-state index contributed by atoms with van der Waals surface area (Å²) in [7, 11) is 0. The maximum Gasteiger partial charge on any atom is 0.387 e. The Kier molecular flexibility index (Phi) is 4.09. The van der Waals surface area contributed by atoms with Crippen LogP contribution in [-0.4, -0.2) is 31.8 Å². The third-order valence-electron chi connectivity index (χ3n) is 2.51. The Bertz CT molecular complexity index is 422. The van der Waals surface area contributed by atoms with E-state index in [0.29, 0.717) is 25.1 Å². The zero-order chi connectivity index (χ0) is 13.0. The van der Waals surface area contributed by atoms with Crippen LogP contribution in [0.2, 0.25) is 0 Å². The molecule has 6 heteroatoms. The fraction of sp³-hybridized carbons (Fsp3) is 0.417. The molecule has 0 aliphatic carbocycles. The second kappa shape index (κ2) is 5.77. The number of halogens is 2. The molecule has 0 aromatic heterocycles. The van der Waals surface area contributed by atoms with Gasteiger partial charge in [0.05, 0.1) is 6.61 Å². The molecule has 0 spiro atoms. The molecule has 0 saturated carbocycles. The SMILES string of the molecule is O=C(NCCc1ccccc1OC(F)F)C1CO1. The Hall–Kier alpha value is -1.69. The number of carbonyl (C=O) groups is 1. The average Bonchev–Trinajstić information content (AvgIpc) is 3.14. The third kappa shape index (κ3) is 3.66. The second-order valence-electron chi connectivity index (χ2n) is 3.85. The summed E-state index contributed by atoms with van der Waals surface area (Å²) in [6.45, 7) is -2.03. The highest BCUT2D eigenvalue weighted by molar-refractivity contribution is 5.82. The summed E-state index contributed by atoms with van der Waals surface area (Å²) in [6, 6.07) is 6.53. The highest BCUT2D eigenvalue weighted by Gasteiger charge is 2.30. The van der Waals surface area contributed by atoms with Gasteiger partial charge in [0.15, 0.2) is 6.10 Å². The van der Waals surface area contributed by atoms with Crippen molar-refractivity contribution in [2.24, 2.45) is 0 Å². The monoisotopic (exact) mass is 257 g/mol. The lowest BCUT2D eigenvalue weighted by molar-refractivity contribution is -0.122. The van der Waals surface area contributed by atoms with Gasteiger partial charge in [-0.25, -0.2) is 0 Å². The molecule has 1 atom stereocenters. The largest absolute Gasteiger partial charge is 0.435 e. The Labute approximate surface area is 103 Å². The molecule has 1 aliphatic heterocycles. The molecule has 2 rings (SSSR count). The van der Waals surface area contributed by atoms with Gasteiger partial charge in [0.2, 0.25) is 0 Å². The van der Waals surface area contributed by atoms with Crippen molar-refractivity contribution < 1.29 is 23.0 Å². The summed E-state index contributed by atoms with van der Waals surface area (Å²) >= 11 is 0. The van der Waals surface area contributed by atoms with E-state index in [9.17, 15) is 13.6 Å². The number of ether oxygens (including phenoxy) is 2. The van der Waals surface area contributed by atoms with Crippen LogP contribution >= 0.6 is 0 Å². The number of epoxide rings is 1. The van der Waals surface area contributed by atoms with Gasteiger partial charge in [0, 0.05) is 6.54 Å². The van der Waals surface area contributed by atoms with Crippen LogP contribution < -0.4 is 10.1 Å². The minimum Gasteiger partial charge on any atom is -0.435 e. The molecular weight excluding hydrogens is 244 g/mol. The van der Waals surface area contributed by atoms with Crippen molar-refractivity contribution in [3.63, 3.8) is 0 Å². The number of alkyl halides is 2. The van der Waals surface area contributed by atoms with Crippen LogP contribution in [0.15, 0.2) is 24.3 Å². The molecule has 98 valence electrons. The second-order valence-corrected chi connectivity index (χ2v) is 3.85. The van der Waals surface area contributed by atoms with Gasteiger partial charge >= 0.3 is 6.61 Å². The number of carbonyl (C=O) groups excluding carboxylic acids is 1. The summed E-state index contributed by atoms with van der Waals surface area (Å²) in [4.78, 5) is 11.3. The van der Waals surface area contributed by atoms with Gasteiger partial charge in [-0.2, -0.15) is 8.78 Å². The fourth-order valence-corrected chi connectivity index (χ4v) is 1.56. The molecule has 1 aliphatic rings. The number of amides is 1. The molecule has 4 nitrogen and oxygen atoms in total. The topological polar surface area (TPSA) is 50.9 Å². The molecule has 1 saturated heterocycles. The van der Waals surface area contributed by atoms with Crippen LogP contribution in [-0.2, 0) is 16.0 Å². The normalized spacial score (nSPS) is 17.6. The molecule has 1 amide bonds. The van der Waals surface area contributed by atoms with E-state index in [1.165, 1.54) is 6.07 Å². The fourth-order valence-electron chi connectivity index (χ4n) is 1.56. The number of para-hydroxylation sites is 1. The van der Waals surface area contributed by atoms with Crippen molar-refractivity contribution in [3.05, 3.63) is 29.8 Å². The first-order chi connectivity index (χ1) is 8.66. The Morgan fingerprint density at radius 1 is 1.50 bits per heavy atom. The Morgan fingerprint density at radius 3 is 2.89 bits per heavy atom. The van der Waals surface area contributed by atoms with Gasteiger partial charge in [-0.3, -0.25) is 4.79 Å². The van der Waals surface area contributed by atoms with Crippen molar-refractivity contribution >= 4 is 5.91 Å². The molecule has 1 aromatic rings. The molecule has 1 fully saturated rings. The van der Waals surface area contributed by atoms with Crippen LogP contribution in [0.3, 0.4) is 0 Å². The van der Waals surface area contributed by atoms with Crippen molar-refractivity contribution in [2.45, 2.75) is 19.1 Å². The molecular formula is C12H13F2NO3. The molecule has 1 N–H and O–H groups in total. The zero-order valence-electron chi connectivity index (χ0n) is 9.57. The maximum absolute atomic E-state index is 12.2. The maximum atomic E-state index is 12.2. The standard InChI is InChI=1S/C12H13F2NO3/c13-12(14)18-9-4-2-1-3-8(9)5-6-15-11(16)10-7-17-10/h1-4,10,12H,5-7H2,(H,15,16). The van der Waals surface area contributed by atoms with Gasteiger partial charge in [-0.15, -0.1) is 0 Å². The lowest BCUT2D eigenvalue weighted by Crippen LogP contribution is -2.29. The number of benzene rings is 1. The van der Waals surface area contributed by atoms with E-state index >= 15 is 0 Å². The van der Waals surface area contributed by atoms with Crippen LogP contribution in [0.4, 0.5) is 8.78 Å². The first kappa shape index (κ1) is 12.8. The number of hydrogen-bond acceptors (Lipinski definition) is 3. The van der Waals surface area contributed by atoms with E-state index in [1.54, 1.807) is 18.2 Å². The summed E-state index contributed by atoms with van der Waals surface area (Å²) in [6.07, 6.45) is 0.0963. The van der Waals surface area contributed by atoms with Crippen molar-refractivity contribution in [2.75, 3.05) is 13.2 Å². The van der Waals surface area contributed by atoms with E-state index in [0.717, 1.165) is 0 Å². The molecule has 1 unspecified atom stereocenters. The summed E-state index contributed by atoms with van der Waals surface area (Å²) in [5, 5.41) is 2.67. The van der Waals surface area contributed by atoms with Gasteiger partial charge < -0.3 is 14.8 Å². The van der Waals surface area contributed by atoms with Crippen LogP contribution in [0.1, 0.15) is 5.56 Å². The minimum atomic E-state index is -2.85. The van der Waals surface area contributed by atoms with Gasteiger partial charge in [-0.05, 0) is 18.1 Å². The van der Waals surface area contributed by atoms with Crippen molar-refractivity contribution in [1.29, 1.82) is 0 Å². The quantitative estimate of drug-likeness (QED) is 0.782. The number of nitrogens with one attached hydrogen (secondary N) is 1. The smallest absolute Gasteiger partial charge is 0.387 e. The Balaban J connectivity index is 1.85. The lowest BCUT2D eigenvalue weighted by Gasteiger charge is -2.10. The van der Waals surface area contributed by atoms with E-state index in [-0.39, 0.29) is 17.8 Å². The lowest BCUT2D eigenvalue weighted by atomic mass is 10.1. The highest BCUT2D eigenvalue weighted by Crippen LogP contribution is 2.20. The third-order valence-corrected chi connectivity index (χ3v) is 2.51. The average molecular weight is 257 g/mol. The molecule has 0 radical (unpaired) electrons. The van der Waals surface area contributed by atoms with Crippen LogP contribution in [0.25, 0.3) is 0 Å². The number of hydrogen-bond donors (Lipinski definition) is 1. The molecule has 18 heavy (non-hydrogen) atoms. The molecule has 1 heterocycles. The predicted octanol–water partition coefficient (Wildman–Crippen LogP) is 1.35. The molecule has 0 bridgehead atoms. The van der Waals surface area contributed by atoms with Gasteiger partial charge in [0.1, 0.15) is 5.75 Å². The first-order valence-corrected chi connectivity index (χ1v) is 5.59. The summed E-state index contributed by atoms with van der Waals surface area (Å²) in [5.74, 6) is -0.0216. The van der Waals surface area contributed by atoms with E-state index in [1.807, 2.05) is 0 Å². The highest BCUT2D eigenvalue weighted by atomic mass is 19.3. The van der Waals surface area contributed by atoms with Crippen LogP contribution in [0, 0.1) is 0 Å². The zero-order valence-corrected chi connectivity index (χ0v) is 9.57. The Morgan fingerprint density at radius 2 is 2.22 bits per heavy atom.